The van der Waals surface area contributed by atoms with Gasteiger partial charge in [-0.1, -0.05) is 13.0 Å². The summed E-state index contributed by atoms with van der Waals surface area (Å²) in [5, 5.41) is 7.56. The Morgan fingerprint density at radius 1 is 1.47 bits per heavy atom. The smallest absolute Gasteiger partial charge is 0.0706 e. The van der Waals surface area contributed by atoms with Gasteiger partial charge in [-0.25, -0.2) is 4.52 Å². The summed E-state index contributed by atoms with van der Waals surface area (Å²) in [5.41, 5.74) is 2.30. The average Bonchev–Trinajstić information content (AvgIpc) is 2.78. The minimum atomic E-state index is -0.686. The zero-order valence-corrected chi connectivity index (χ0v) is 10.7. The van der Waals surface area contributed by atoms with Crippen molar-refractivity contribution in [1.29, 1.82) is 0 Å². The van der Waals surface area contributed by atoms with Crippen molar-refractivity contribution in [3.8, 4) is 0 Å². The van der Waals surface area contributed by atoms with Crippen molar-refractivity contribution in [2.75, 3.05) is 18.1 Å². The molecule has 0 aromatic carbocycles. The highest BCUT2D eigenvalue weighted by atomic mass is 32.2. The highest BCUT2D eigenvalue weighted by molar-refractivity contribution is 7.84. The molecule has 2 rings (SSSR count). The lowest BCUT2D eigenvalue weighted by atomic mass is 10.2. The van der Waals surface area contributed by atoms with Crippen molar-refractivity contribution in [1.82, 2.24) is 14.9 Å². The first-order valence-electron chi connectivity index (χ1n) is 5.78. The maximum atomic E-state index is 11.2. The highest BCUT2D eigenvalue weighted by Crippen LogP contribution is 2.08. The second kappa shape index (κ2) is 5.93. The first kappa shape index (κ1) is 12.3. The molecule has 2 aromatic rings. The fourth-order valence-corrected chi connectivity index (χ4v) is 2.34. The molecule has 0 aliphatic carbocycles. The molecule has 0 bridgehead atoms. The van der Waals surface area contributed by atoms with Gasteiger partial charge in [0, 0.05) is 47.2 Å². The Bertz CT molecular complexity index is 509. The number of pyridine rings is 1. The van der Waals surface area contributed by atoms with Crippen molar-refractivity contribution in [3.05, 3.63) is 36.2 Å². The lowest BCUT2D eigenvalue weighted by Gasteiger charge is -2.02. The molecule has 2 aromatic heterocycles. The van der Waals surface area contributed by atoms with Gasteiger partial charge < -0.3 is 5.32 Å². The van der Waals surface area contributed by atoms with Crippen LogP contribution in [0.3, 0.4) is 0 Å². The molecule has 0 saturated heterocycles. The number of nitrogens with zero attached hydrogens (tertiary/aromatic N) is 2. The number of aromatic nitrogens is 2. The Morgan fingerprint density at radius 3 is 3.18 bits per heavy atom. The summed E-state index contributed by atoms with van der Waals surface area (Å²) in [7, 11) is -0.686. The van der Waals surface area contributed by atoms with E-state index in [0.29, 0.717) is 0 Å². The summed E-state index contributed by atoms with van der Waals surface area (Å²) in [4.78, 5) is 0. The van der Waals surface area contributed by atoms with Crippen LogP contribution in [0.1, 0.15) is 12.5 Å². The van der Waals surface area contributed by atoms with Crippen molar-refractivity contribution >= 4 is 16.3 Å². The van der Waals surface area contributed by atoms with Gasteiger partial charge in [-0.2, -0.15) is 5.10 Å². The zero-order chi connectivity index (χ0) is 12.1. The molecule has 1 N–H and O–H groups in total. The maximum Gasteiger partial charge on any atom is 0.0706 e. The zero-order valence-electron chi connectivity index (χ0n) is 9.93. The molecule has 5 heteroatoms. The highest BCUT2D eigenvalue weighted by Gasteiger charge is 2.02. The summed E-state index contributed by atoms with van der Waals surface area (Å²) < 4.78 is 13.1. The van der Waals surface area contributed by atoms with E-state index in [2.05, 4.69) is 10.4 Å². The van der Waals surface area contributed by atoms with Gasteiger partial charge in [0.1, 0.15) is 0 Å². The Balaban J connectivity index is 1.89. The standard InChI is InChI=1S/C12H17N3OS/c1-2-17(16)8-6-13-9-11-10-14-15-7-4-3-5-12(11)15/h3-5,7,10,13H,2,6,8-9H2,1H3. The van der Waals surface area contributed by atoms with Crippen LogP contribution in [-0.4, -0.2) is 31.9 Å². The second-order valence-electron chi connectivity index (χ2n) is 3.81. The Hall–Kier alpha value is -1.20. The van der Waals surface area contributed by atoms with E-state index in [4.69, 9.17) is 0 Å². The van der Waals surface area contributed by atoms with E-state index in [-0.39, 0.29) is 0 Å². The fourth-order valence-electron chi connectivity index (χ4n) is 1.68. The third-order valence-corrected chi connectivity index (χ3v) is 3.95. The van der Waals surface area contributed by atoms with Crippen molar-refractivity contribution in [2.24, 2.45) is 0 Å². The molecule has 1 atom stereocenters. The van der Waals surface area contributed by atoms with Crippen molar-refractivity contribution < 1.29 is 4.21 Å². The third kappa shape index (κ3) is 3.14. The van der Waals surface area contributed by atoms with Crippen LogP contribution >= 0.6 is 0 Å². The van der Waals surface area contributed by atoms with E-state index in [1.807, 2.05) is 42.0 Å². The van der Waals surface area contributed by atoms with E-state index in [1.54, 1.807) is 0 Å². The summed E-state index contributed by atoms with van der Waals surface area (Å²) in [6.07, 6.45) is 3.81. The van der Waals surface area contributed by atoms with Crippen LogP contribution in [0.2, 0.25) is 0 Å². The normalized spacial score (nSPS) is 13.0. The molecule has 92 valence electrons. The van der Waals surface area contributed by atoms with Crippen LogP contribution in [0.4, 0.5) is 0 Å². The van der Waals surface area contributed by atoms with Crippen LogP contribution in [0.5, 0.6) is 0 Å². The lowest BCUT2D eigenvalue weighted by molar-refractivity contribution is 0.674. The molecular weight excluding hydrogens is 234 g/mol. The molecular formula is C12H17N3OS. The quantitative estimate of drug-likeness (QED) is 0.785. The molecule has 17 heavy (non-hydrogen) atoms. The Morgan fingerprint density at radius 2 is 2.35 bits per heavy atom. The van der Waals surface area contributed by atoms with Gasteiger partial charge in [0.05, 0.1) is 11.7 Å². The number of fused-ring (bicyclic) bond motifs is 1. The Labute approximate surface area is 103 Å². The predicted molar refractivity (Wildman–Crippen MR) is 70.4 cm³/mol. The van der Waals surface area contributed by atoms with Gasteiger partial charge in [-0.3, -0.25) is 4.21 Å². The summed E-state index contributed by atoms with van der Waals surface area (Å²) in [6, 6.07) is 6.02. The van der Waals surface area contributed by atoms with Gasteiger partial charge >= 0.3 is 0 Å². The van der Waals surface area contributed by atoms with E-state index >= 15 is 0 Å². The van der Waals surface area contributed by atoms with Gasteiger partial charge in [-0.15, -0.1) is 0 Å². The number of rotatable bonds is 6. The molecule has 0 amide bonds. The van der Waals surface area contributed by atoms with Crippen LogP contribution < -0.4 is 5.32 Å². The summed E-state index contributed by atoms with van der Waals surface area (Å²) in [6.45, 7) is 3.50. The number of hydrogen-bond acceptors (Lipinski definition) is 3. The predicted octanol–water partition coefficient (Wildman–Crippen LogP) is 1.19. The van der Waals surface area contributed by atoms with E-state index in [9.17, 15) is 4.21 Å². The molecule has 0 aliphatic rings. The molecule has 0 spiro atoms. The first-order valence-corrected chi connectivity index (χ1v) is 7.27. The fraction of sp³-hybridized carbons (Fsp3) is 0.417. The van der Waals surface area contributed by atoms with Gasteiger partial charge in [0.2, 0.25) is 0 Å². The largest absolute Gasteiger partial charge is 0.312 e. The molecule has 1 unspecified atom stereocenters. The second-order valence-corrected chi connectivity index (χ2v) is 5.67. The molecule has 0 fully saturated rings. The molecule has 0 saturated carbocycles. The minimum Gasteiger partial charge on any atom is -0.312 e. The van der Waals surface area contributed by atoms with Crippen LogP contribution in [0.15, 0.2) is 30.6 Å². The van der Waals surface area contributed by atoms with Crippen molar-refractivity contribution in [2.45, 2.75) is 13.5 Å². The molecule has 0 aliphatic heterocycles. The van der Waals surface area contributed by atoms with Gasteiger partial charge in [-0.05, 0) is 12.1 Å². The lowest BCUT2D eigenvalue weighted by Crippen LogP contribution is -2.20. The molecule has 4 nitrogen and oxygen atoms in total. The maximum absolute atomic E-state index is 11.2. The monoisotopic (exact) mass is 251 g/mol. The van der Waals surface area contributed by atoms with E-state index < -0.39 is 10.8 Å². The topological polar surface area (TPSA) is 46.4 Å². The van der Waals surface area contributed by atoms with Gasteiger partial charge in [0.15, 0.2) is 0 Å². The Kier molecular flexibility index (Phi) is 4.28. The van der Waals surface area contributed by atoms with Crippen molar-refractivity contribution in [3.63, 3.8) is 0 Å². The van der Waals surface area contributed by atoms with E-state index in [1.165, 1.54) is 5.56 Å². The van der Waals surface area contributed by atoms with Crippen LogP contribution in [-0.2, 0) is 17.3 Å². The van der Waals surface area contributed by atoms with Gasteiger partial charge in [0.25, 0.3) is 0 Å². The van der Waals surface area contributed by atoms with E-state index in [0.717, 1.165) is 30.1 Å². The molecule has 2 heterocycles. The SMILES string of the molecule is CCS(=O)CCNCc1cnn2ccccc12. The van der Waals surface area contributed by atoms with Crippen LogP contribution in [0.25, 0.3) is 5.52 Å². The average molecular weight is 251 g/mol. The third-order valence-electron chi connectivity index (χ3n) is 2.65. The number of nitrogens with one attached hydrogen (secondary N) is 1. The first-order chi connectivity index (χ1) is 8.31. The molecule has 0 radical (unpaired) electrons. The van der Waals surface area contributed by atoms with Crippen LogP contribution in [0, 0.1) is 0 Å². The summed E-state index contributed by atoms with van der Waals surface area (Å²) in [5.74, 6) is 1.45. The summed E-state index contributed by atoms with van der Waals surface area (Å²) >= 11 is 0. The number of hydrogen-bond donors (Lipinski definition) is 1. The minimum absolute atomic E-state index is 0.686.